The summed E-state index contributed by atoms with van der Waals surface area (Å²) in [5.74, 6) is 0.115. The Morgan fingerprint density at radius 1 is 0.603 bits per heavy atom. The van der Waals surface area contributed by atoms with Crippen LogP contribution in [0, 0.1) is 0 Å². The molecule has 0 aromatic heterocycles. The molecule has 4 aromatic rings. The van der Waals surface area contributed by atoms with Gasteiger partial charge in [0.1, 0.15) is 19.3 Å². The lowest BCUT2D eigenvalue weighted by Crippen LogP contribution is -2.40. The topological polar surface area (TPSA) is 101 Å². The van der Waals surface area contributed by atoms with Gasteiger partial charge in [-0.05, 0) is 101 Å². The molecule has 0 amide bonds. The molecule has 340 valence electrons. The van der Waals surface area contributed by atoms with Crippen molar-refractivity contribution in [3.05, 3.63) is 144 Å². The fourth-order valence-electron chi connectivity index (χ4n) is 6.85. The highest BCUT2D eigenvalue weighted by molar-refractivity contribution is 6.74. The Bertz CT molecular complexity index is 2090. The molecular formula is C52H69ClO8Si2. The molecule has 2 atom stereocenters. The van der Waals surface area contributed by atoms with E-state index in [0.717, 1.165) is 0 Å². The maximum Gasteiger partial charge on any atom is 0.508 e. The molecule has 0 saturated carbocycles. The molecule has 2 aliphatic carbocycles. The smallest absolute Gasteiger partial charge is 0.453 e. The number of benzene rings is 4. The van der Waals surface area contributed by atoms with Crippen molar-refractivity contribution >= 4 is 39.8 Å². The van der Waals surface area contributed by atoms with E-state index >= 15 is 0 Å². The van der Waals surface area contributed by atoms with E-state index in [1.807, 2.05) is 73.7 Å². The Hall–Kier alpha value is -4.30. The fourth-order valence-corrected chi connectivity index (χ4v) is 8.80. The molecule has 0 heterocycles. The molecule has 0 spiro atoms. The first kappa shape index (κ1) is 51.3. The van der Waals surface area contributed by atoms with Gasteiger partial charge in [-0.3, -0.25) is 0 Å². The number of halogens is 1. The quantitative estimate of drug-likeness (QED) is 0.0613. The van der Waals surface area contributed by atoms with E-state index in [0.29, 0.717) is 13.2 Å². The average molecular weight is 914 g/mol. The molecule has 8 nitrogen and oxygen atoms in total. The van der Waals surface area contributed by atoms with E-state index in [4.69, 9.17) is 39.8 Å². The van der Waals surface area contributed by atoms with Crippen molar-refractivity contribution in [1.82, 2.24) is 0 Å². The molecule has 0 saturated heterocycles. The lowest BCUT2D eigenvalue weighted by molar-refractivity contribution is 0.0401. The predicted molar refractivity (Wildman–Crippen MR) is 263 cm³/mol. The fraction of sp³-hybridized carbons (Fsp3) is 0.423. The molecule has 4 aromatic carbocycles. The van der Waals surface area contributed by atoms with Crippen molar-refractivity contribution in [2.24, 2.45) is 0 Å². The van der Waals surface area contributed by atoms with Crippen LogP contribution < -0.4 is 0 Å². The van der Waals surface area contributed by atoms with E-state index in [1.54, 1.807) is 13.0 Å². The van der Waals surface area contributed by atoms with Crippen molar-refractivity contribution in [3.8, 4) is 22.3 Å². The number of hydrogen-bond acceptors (Lipinski definition) is 8. The molecule has 0 radical (unpaired) electrons. The Morgan fingerprint density at radius 3 is 1.27 bits per heavy atom. The molecule has 0 aliphatic heterocycles. The molecule has 63 heavy (non-hydrogen) atoms. The second kappa shape index (κ2) is 22.6. The van der Waals surface area contributed by atoms with Crippen molar-refractivity contribution in [2.75, 3.05) is 26.4 Å². The van der Waals surface area contributed by atoms with Crippen LogP contribution in [0.1, 0.15) is 89.5 Å². The number of carbonyl (C=O) groups excluding carboxylic acids is 2. The number of ether oxygens (including phenoxy) is 3. The SMILES string of the molecule is C[C@@H](/C=C\CO[Si](C)(C)C(C)(C)C)OC(=O)OCC1c2ccccc2-c2ccccc21.C[C@H](O)/C=C\CO[Si](C)(C)C(C)(C)C.O=C(Cl)OCC1c2ccccc2-c2ccccc21. The third kappa shape index (κ3) is 14.3. The summed E-state index contributed by atoms with van der Waals surface area (Å²) in [6.07, 6.45) is 6.01. The predicted octanol–water partition coefficient (Wildman–Crippen LogP) is 14.0. The van der Waals surface area contributed by atoms with Gasteiger partial charge < -0.3 is 28.2 Å². The van der Waals surface area contributed by atoms with Crippen molar-refractivity contribution < 1.29 is 37.8 Å². The van der Waals surface area contributed by atoms with Crippen LogP contribution in [-0.2, 0) is 23.1 Å². The van der Waals surface area contributed by atoms with Crippen molar-refractivity contribution in [3.63, 3.8) is 0 Å². The van der Waals surface area contributed by atoms with Gasteiger partial charge in [-0.25, -0.2) is 9.59 Å². The highest BCUT2D eigenvalue weighted by atomic mass is 35.5. The van der Waals surface area contributed by atoms with Gasteiger partial charge in [0.25, 0.3) is 0 Å². The van der Waals surface area contributed by atoms with E-state index in [9.17, 15) is 9.59 Å². The number of aliphatic hydroxyl groups is 1. The molecule has 11 heteroatoms. The summed E-state index contributed by atoms with van der Waals surface area (Å²) in [5.41, 5.74) is 8.84. The van der Waals surface area contributed by atoms with Crippen molar-refractivity contribution in [2.45, 2.75) is 116 Å². The Kier molecular flexibility index (Phi) is 18.4. The number of aliphatic hydroxyl groups excluding tert-OH is 1. The minimum Gasteiger partial charge on any atom is -0.453 e. The van der Waals surface area contributed by atoms with Crippen LogP contribution in [0.25, 0.3) is 22.3 Å². The van der Waals surface area contributed by atoms with E-state index in [1.165, 1.54) is 44.5 Å². The standard InChI is InChI=1S/C26H34O4Si.C15H11ClO2.C11H24O2Si/c1-19(12-11-17-29-31(5,6)26(2,3)4)30-25(27)28-18-24-22-15-9-7-13-20(22)21-14-8-10-16-23(21)24;16-15(17)18-9-14-12-7-3-1-5-10(12)11-6-2-4-8-13(11)14;1-10(12)8-7-9-13-14(5,6)11(2,3)4/h7-16,19,24H,17-18H2,1-6H3;1-8,14H,9H2;7-8,10,12H,9H2,1-6H3/b12-11-;;8-7-/t19-;;10-/m0.0/s1. The minimum absolute atomic E-state index is 0.0313. The molecule has 0 bridgehead atoms. The summed E-state index contributed by atoms with van der Waals surface area (Å²) < 4.78 is 27.9. The molecular weight excluding hydrogens is 844 g/mol. The van der Waals surface area contributed by atoms with E-state index in [-0.39, 0.29) is 47.3 Å². The molecule has 1 N–H and O–H groups in total. The van der Waals surface area contributed by atoms with Crippen LogP contribution in [0.5, 0.6) is 0 Å². The average Bonchev–Trinajstić information content (AvgIpc) is 3.71. The minimum atomic E-state index is -1.78. The van der Waals surface area contributed by atoms with Gasteiger partial charge in [0, 0.05) is 23.4 Å². The molecule has 6 rings (SSSR count). The Labute approximate surface area is 383 Å². The van der Waals surface area contributed by atoms with Gasteiger partial charge in [0.15, 0.2) is 16.6 Å². The zero-order chi connectivity index (χ0) is 46.6. The third-order valence-corrected chi connectivity index (χ3v) is 21.6. The first-order valence-electron chi connectivity index (χ1n) is 21.9. The number of fused-ring (bicyclic) bond motifs is 6. The van der Waals surface area contributed by atoms with Crippen LogP contribution in [0.3, 0.4) is 0 Å². The van der Waals surface area contributed by atoms with Crippen LogP contribution in [0.2, 0.25) is 36.3 Å². The monoisotopic (exact) mass is 912 g/mol. The summed E-state index contributed by atoms with van der Waals surface area (Å²) in [7, 11) is -3.39. The number of rotatable bonds is 13. The maximum absolute atomic E-state index is 12.3. The highest BCUT2D eigenvalue weighted by Crippen LogP contribution is 2.46. The van der Waals surface area contributed by atoms with E-state index < -0.39 is 28.2 Å². The summed E-state index contributed by atoms with van der Waals surface area (Å²) in [6.45, 7) is 27.4. The zero-order valence-electron chi connectivity index (χ0n) is 39.4. The van der Waals surface area contributed by atoms with Gasteiger partial charge in [0.2, 0.25) is 0 Å². The van der Waals surface area contributed by atoms with Crippen LogP contribution >= 0.6 is 11.6 Å². The second-order valence-electron chi connectivity index (χ2n) is 19.1. The Balaban J connectivity index is 0.000000230. The van der Waals surface area contributed by atoms with Crippen LogP contribution in [-0.4, -0.2) is 72.0 Å². The number of hydrogen-bond donors (Lipinski definition) is 1. The van der Waals surface area contributed by atoms with Gasteiger partial charge in [-0.15, -0.1) is 0 Å². The first-order valence-corrected chi connectivity index (χ1v) is 28.0. The normalized spacial score (nSPS) is 14.6. The molecule has 0 fully saturated rings. The second-order valence-corrected chi connectivity index (χ2v) is 29.1. The summed E-state index contributed by atoms with van der Waals surface area (Å²) in [4.78, 5) is 23.0. The largest absolute Gasteiger partial charge is 0.508 e. The van der Waals surface area contributed by atoms with Gasteiger partial charge >= 0.3 is 11.6 Å². The number of carbonyl (C=O) groups is 2. The zero-order valence-corrected chi connectivity index (χ0v) is 42.1. The van der Waals surface area contributed by atoms with Gasteiger partial charge in [-0.1, -0.05) is 157 Å². The summed E-state index contributed by atoms with van der Waals surface area (Å²) in [6, 6.07) is 32.9. The van der Waals surface area contributed by atoms with E-state index in [2.05, 4.69) is 116 Å². The van der Waals surface area contributed by atoms with Gasteiger partial charge in [-0.2, -0.15) is 0 Å². The first-order chi connectivity index (χ1) is 29.5. The highest BCUT2D eigenvalue weighted by Gasteiger charge is 2.38. The summed E-state index contributed by atoms with van der Waals surface area (Å²) >= 11 is 5.25. The Morgan fingerprint density at radius 2 is 0.937 bits per heavy atom. The lowest BCUT2D eigenvalue weighted by atomic mass is 9.98. The summed E-state index contributed by atoms with van der Waals surface area (Å²) in [5, 5.41) is 9.44. The maximum atomic E-state index is 12.3. The molecule has 2 aliphatic rings. The van der Waals surface area contributed by atoms with Crippen molar-refractivity contribution in [1.29, 1.82) is 0 Å². The third-order valence-electron chi connectivity index (χ3n) is 12.5. The van der Waals surface area contributed by atoms with Crippen LogP contribution in [0.4, 0.5) is 9.59 Å². The van der Waals surface area contributed by atoms with Gasteiger partial charge in [0.05, 0.1) is 19.3 Å². The van der Waals surface area contributed by atoms with Crippen LogP contribution in [0.15, 0.2) is 121 Å². The lowest BCUT2D eigenvalue weighted by Gasteiger charge is -2.35. The molecule has 0 unspecified atom stereocenters.